The lowest BCUT2D eigenvalue weighted by Gasteiger charge is -2.30. The molecule has 94 valence electrons. The van der Waals surface area contributed by atoms with Gasteiger partial charge in [-0.25, -0.2) is 8.78 Å². The summed E-state index contributed by atoms with van der Waals surface area (Å²) in [6.45, 7) is 1.45. The van der Waals surface area contributed by atoms with Crippen LogP contribution >= 0.6 is 0 Å². The molecule has 1 aliphatic rings. The summed E-state index contributed by atoms with van der Waals surface area (Å²) in [7, 11) is 0. The van der Waals surface area contributed by atoms with Gasteiger partial charge in [-0.05, 0) is 19.1 Å². The monoisotopic (exact) mass is 251 g/mol. The third-order valence-corrected chi connectivity index (χ3v) is 3.00. The molecule has 0 saturated heterocycles. The molecular weight excluding hydrogens is 240 g/mol. The molecule has 2 rings (SSSR count). The van der Waals surface area contributed by atoms with Gasteiger partial charge in [0.1, 0.15) is 23.4 Å². The zero-order chi connectivity index (χ0) is 13.3. The van der Waals surface area contributed by atoms with Gasteiger partial charge in [-0.3, -0.25) is 9.79 Å². The van der Waals surface area contributed by atoms with Crippen molar-refractivity contribution in [3.8, 4) is 5.75 Å². The summed E-state index contributed by atoms with van der Waals surface area (Å²) in [5.41, 5.74) is -0.904. The summed E-state index contributed by atoms with van der Waals surface area (Å²) in [4.78, 5) is 14.4. The first-order valence-electron chi connectivity index (χ1n) is 5.32. The van der Waals surface area contributed by atoms with Crippen LogP contribution in [0.1, 0.15) is 22.8 Å². The van der Waals surface area contributed by atoms with Crippen molar-refractivity contribution in [2.24, 2.45) is 4.99 Å². The van der Waals surface area contributed by atoms with Crippen LogP contribution in [0.3, 0.4) is 0 Å². The van der Waals surface area contributed by atoms with Crippen LogP contribution in [-0.2, 0) is 5.54 Å². The SMILES string of the molecule is CC1(c2ccc(C=O)cc2O)N=CC(F)=CC1F. The van der Waals surface area contributed by atoms with E-state index in [1.807, 2.05) is 0 Å². The zero-order valence-corrected chi connectivity index (χ0v) is 9.60. The van der Waals surface area contributed by atoms with E-state index in [-0.39, 0.29) is 16.9 Å². The molecule has 0 aromatic heterocycles. The molecule has 3 nitrogen and oxygen atoms in total. The van der Waals surface area contributed by atoms with Gasteiger partial charge in [-0.2, -0.15) is 0 Å². The largest absolute Gasteiger partial charge is 0.508 e. The second-order valence-electron chi connectivity index (χ2n) is 4.25. The number of aldehydes is 1. The number of aliphatic imine (C=N–C) groups is 1. The summed E-state index contributed by atoms with van der Waals surface area (Å²) in [5, 5.41) is 9.81. The van der Waals surface area contributed by atoms with E-state index in [0.717, 1.165) is 12.3 Å². The van der Waals surface area contributed by atoms with E-state index in [1.54, 1.807) is 0 Å². The number of hydrogen-bond acceptors (Lipinski definition) is 3. The number of alkyl halides is 1. The van der Waals surface area contributed by atoms with E-state index in [1.165, 1.54) is 25.1 Å². The highest BCUT2D eigenvalue weighted by molar-refractivity contribution is 5.79. The van der Waals surface area contributed by atoms with Crippen molar-refractivity contribution in [3.63, 3.8) is 0 Å². The molecule has 0 saturated carbocycles. The number of halogens is 2. The number of aromatic hydroxyl groups is 1. The Labute approximate surface area is 102 Å². The molecule has 5 heteroatoms. The second-order valence-corrected chi connectivity index (χ2v) is 4.25. The van der Waals surface area contributed by atoms with Crippen LogP contribution in [0.2, 0.25) is 0 Å². The molecule has 1 aromatic carbocycles. The van der Waals surface area contributed by atoms with Gasteiger partial charge in [0.15, 0.2) is 6.17 Å². The quantitative estimate of drug-likeness (QED) is 0.821. The van der Waals surface area contributed by atoms with Gasteiger partial charge in [-0.15, -0.1) is 0 Å². The third kappa shape index (κ3) is 1.92. The molecule has 0 spiro atoms. The standard InChI is InChI=1S/C13H11F2NO2/c1-13(12(15)5-9(14)6-16-13)10-3-2-8(7-17)4-11(10)18/h2-7,12,18H,1H3. The minimum atomic E-state index is -1.68. The first kappa shape index (κ1) is 12.4. The molecule has 0 amide bonds. The Balaban J connectivity index is 2.49. The number of carbonyl (C=O) groups excluding carboxylic acids is 1. The average Bonchev–Trinajstić information content (AvgIpc) is 2.34. The lowest BCUT2D eigenvalue weighted by Crippen LogP contribution is -2.33. The summed E-state index contributed by atoms with van der Waals surface area (Å²) in [5.74, 6) is -0.985. The highest BCUT2D eigenvalue weighted by atomic mass is 19.1. The first-order chi connectivity index (χ1) is 8.47. The van der Waals surface area contributed by atoms with Gasteiger partial charge in [0, 0.05) is 11.1 Å². The minimum Gasteiger partial charge on any atom is -0.508 e. The number of allylic oxidation sites excluding steroid dienone is 1. The number of phenols is 1. The van der Waals surface area contributed by atoms with Crippen LogP contribution < -0.4 is 0 Å². The molecule has 1 aliphatic heterocycles. The maximum Gasteiger partial charge on any atom is 0.150 e. The summed E-state index contributed by atoms with van der Waals surface area (Å²) >= 11 is 0. The molecule has 0 fully saturated rings. The minimum absolute atomic E-state index is 0.209. The Hall–Kier alpha value is -2.04. The molecule has 0 aliphatic carbocycles. The fourth-order valence-electron chi connectivity index (χ4n) is 1.88. The van der Waals surface area contributed by atoms with Crippen LogP contribution in [0.25, 0.3) is 0 Å². The van der Waals surface area contributed by atoms with E-state index in [9.17, 15) is 18.7 Å². The smallest absolute Gasteiger partial charge is 0.150 e. The maximum absolute atomic E-state index is 13.9. The van der Waals surface area contributed by atoms with Crippen molar-refractivity contribution in [2.75, 3.05) is 0 Å². The van der Waals surface area contributed by atoms with Crippen LogP contribution in [-0.4, -0.2) is 23.8 Å². The number of rotatable bonds is 2. The van der Waals surface area contributed by atoms with E-state index in [4.69, 9.17) is 0 Å². The highest BCUT2D eigenvalue weighted by Crippen LogP contribution is 2.39. The topological polar surface area (TPSA) is 49.7 Å². The molecular formula is C13H11F2NO2. The average molecular weight is 251 g/mol. The van der Waals surface area contributed by atoms with E-state index in [0.29, 0.717) is 6.29 Å². The first-order valence-corrected chi connectivity index (χ1v) is 5.32. The molecule has 1 N–H and O–H groups in total. The third-order valence-electron chi connectivity index (χ3n) is 3.00. The van der Waals surface area contributed by atoms with Crippen LogP contribution in [0.5, 0.6) is 5.75 Å². The Bertz CT molecular complexity index is 554. The van der Waals surface area contributed by atoms with Crippen molar-refractivity contribution in [3.05, 3.63) is 41.2 Å². The number of dihydropyridines is 1. The normalized spacial score (nSPS) is 26.8. The van der Waals surface area contributed by atoms with Gasteiger partial charge >= 0.3 is 0 Å². The fraction of sp³-hybridized carbons (Fsp3) is 0.231. The Morgan fingerprint density at radius 3 is 2.78 bits per heavy atom. The zero-order valence-electron chi connectivity index (χ0n) is 9.60. The summed E-state index contributed by atoms with van der Waals surface area (Å²) in [6, 6.07) is 4.09. The number of nitrogens with zero attached hydrogens (tertiary/aromatic N) is 1. The van der Waals surface area contributed by atoms with E-state index in [2.05, 4.69) is 4.99 Å². The Morgan fingerprint density at radius 2 is 2.22 bits per heavy atom. The Kier molecular flexibility index (Phi) is 2.98. The van der Waals surface area contributed by atoms with E-state index < -0.39 is 17.5 Å². The van der Waals surface area contributed by atoms with Crippen LogP contribution in [0.15, 0.2) is 35.1 Å². The van der Waals surface area contributed by atoms with Gasteiger partial charge in [-0.1, -0.05) is 12.1 Å². The molecule has 2 atom stereocenters. The number of carbonyl (C=O) groups is 1. The van der Waals surface area contributed by atoms with Gasteiger partial charge in [0.25, 0.3) is 0 Å². The number of benzene rings is 1. The lowest BCUT2D eigenvalue weighted by atomic mass is 9.85. The van der Waals surface area contributed by atoms with Crippen LogP contribution in [0.4, 0.5) is 8.78 Å². The van der Waals surface area contributed by atoms with Crippen LogP contribution in [0, 0.1) is 0 Å². The molecule has 2 unspecified atom stereocenters. The lowest BCUT2D eigenvalue weighted by molar-refractivity contribution is 0.112. The molecule has 0 radical (unpaired) electrons. The second kappa shape index (κ2) is 4.33. The molecule has 0 bridgehead atoms. The van der Waals surface area contributed by atoms with Gasteiger partial charge in [0.05, 0.1) is 6.21 Å². The van der Waals surface area contributed by atoms with Gasteiger partial charge < -0.3 is 5.11 Å². The molecule has 18 heavy (non-hydrogen) atoms. The molecule has 1 aromatic rings. The fourth-order valence-corrected chi connectivity index (χ4v) is 1.88. The predicted octanol–water partition coefficient (Wildman–Crippen LogP) is 2.70. The predicted molar refractivity (Wildman–Crippen MR) is 63.4 cm³/mol. The summed E-state index contributed by atoms with van der Waals surface area (Å²) < 4.78 is 26.8. The van der Waals surface area contributed by atoms with Crippen molar-refractivity contribution in [2.45, 2.75) is 18.6 Å². The van der Waals surface area contributed by atoms with Crippen molar-refractivity contribution < 1.29 is 18.7 Å². The summed E-state index contributed by atoms with van der Waals surface area (Å²) in [6.07, 6.45) is 0.613. The van der Waals surface area contributed by atoms with E-state index >= 15 is 0 Å². The van der Waals surface area contributed by atoms with Crippen molar-refractivity contribution in [1.82, 2.24) is 0 Å². The van der Waals surface area contributed by atoms with Crippen molar-refractivity contribution >= 4 is 12.5 Å². The Morgan fingerprint density at radius 1 is 1.50 bits per heavy atom. The molecule has 1 heterocycles. The van der Waals surface area contributed by atoms with Gasteiger partial charge in [0.2, 0.25) is 0 Å². The number of phenolic OH excluding ortho intramolecular Hbond substituents is 1. The highest BCUT2D eigenvalue weighted by Gasteiger charge is 2.39. The maximum atomic E-state index is 13.9. The van der Waals surface area contributed by atoms with Crippen molar-refractivity contribution in [1.29, 1.82) is 0 Å². The number of hydrogen-bond donors (Lipinski definition) is 1.